The van der Waals surface area contributed by atoms with Gasteiger partial charge < -0.3 is 4.57 Å². The maximum absolute atomic E-state index is 5.81. The van der Waals surface area contributed by atoms with Crippen molar-refractivity contribution >= 4 is 150 Å². The van der Waals surface area contributed by atoms with Crippen LogP contribution in [-0.2, 0) is 0 Å². The van der Waals surface area contributed by atoms with Crippen LogP contribution in [0.5, 0.6) is 0 Å². The number of para-hydroxylation sites is 4. The molecule has 0 unspecified atom stereocenters. The van der Waals surface area contributed by atoms with Crippen molar-refractivity contribution in [2.45, 2.75) is 0 Å². The van der Waals surface area contributed by atoms with Gasteiger partial charge in [-0.25, -0.2) is 19.9 Å². The lowest BCUT2D eigenvalue weighted by Crippen LogP contribution is -2.03. The standard InChI is InChI=1S/C90H52N6S2/c1-3-22-53(23-4-1)59-49-60(51-61(50-59)84-67-31-10-16-37-74(67)92-90(94-84)96-76-39-18-12-33-69(76)79-63-28-7-8-29-64(63)81-70-34-13-19-40-77(70)98-88(81)86(79)96)57-27-21-26-56(48-57)58-44-47-65-72(52-58)80-68-32-11-17-38-75(68)95(85(80)87-82(65)71-35-14-20-41-78(71)97-87)62-45-42-55(43-46-62)89-91-73-36-15-9-30-66(73)83(93-89)54-24-5-2-6-25-54/h1-52H. The van der Waals surface area contributed by atoms with Crippen molar-refractivity contribution < 1.29 is 0 Å². The summed E-state index contributed by atoms with van der Waals surface area (Å²) in [5.74, 6) is 1.33. The predicted molar refractivity (Wildman–Crippen MR) is 415 cm³/mol. The average Bonchev–Trinajstić information content (AvgIpc) is 1.54. The van der Waals surface area contributed by atoms with Crippen molar-refractivity contribution in [1.82, 2.24) is 29.1 Å². The minimum Gasteiger partial charge on any atom is -0.308 e. The highest BCUT2D eigenvalue weighted by Crippen LogP contribution is 2.51. The van der Waals surface area contributed by atoms with E-state index in [0.717, 1.165) is 106 Å². The molecule has 0 aliphatic rings. The van der Waals surface area contributed by atoms with Gasteiger partial charge in [-0.15, -0.1) is 22.7 Å². The summed E-state index contributed by atoms with van der Waals surface area (Å²) >= 11 is 3.74. The molecular weight excluding hydrogens is 1230 g/mol. The molecule has 15 aromatic carbocycles. The normalized spacial score (nSPS) is 12.1. The lowest BCUT2D eigenvalue weighted by Gasteiger charge is -2.15. The van der Waals surface area contributed by atoms with Crippen LogP contribution in [0.1, 0.15) is 0 Å². The van der Waals surface area contributed by atoms with Crippen molar-refractivity contribution in [2.75, 3.05) is 0 Å². The molecule has 6 nitrogen and oxygen atoms in total. The van der Waals surface area contributed by atoms with Crippen LogP contribution in [0.15, 0.2) is 315 Å². The Labute approximate surface area is 569 Å². The Morgan fingerprint density at radius 3 is 1.32 bits per heavy atom. The molecule has 0 atom stereocenters. The third-order valence-corrected chi connectivity index (χ3v) is 22.4. The van der Waals surface area contributed by atoms with Gasteiger partial charge in [0.2, 0.25) is 5.95 Å². The van der Waals surface area contributed by atoms with Crippen molar-refractivity contribution in [3.63, 3.8) is 0 Å². The molecule has 0 aliphatic carbocycles. The van der Waals surface area contributed by atoms with Crippen LogP contribution >= 0.6 is 22.7 Å². The van der Waals surface area contributed by atoms with Crippen molar-refractivity contribution in [3.8, 4) is 78.9 Å². The van der Waals surface area contributed by atoms with E-state index < -0.39 is 0 Å². The molecule has 0 spiro atoms. The molecule has 0 N–H and O–H groups in total. The first-order valence-electron chi connectivity index (χ1n) is 33.2. The highest BCUT2D eigenvalue weighted by Gasteiger charge is 2.27. The van der Waals surface area contributed by atoms with E-state index in [4.69, 9.17) is 19.9 Å². The molecule has 0 aliphatic heterocycles. The second-order valence-electron chi connectivity index (χ2n) is 25.5. The van der Waals surface area contributed by atoms with Crippen LogP contribution in [-0.4, -0.2) is 29.1 Å². The summed E-state index contributed by atoms with van der Waals surface area (Å²) in [6.07, 6.45) is 0. The van der Waals surface area contributed by atoms with E-state index >= 15 is 0 Å². The summed E-state index contributed by atoms with van der Waals surface area (Å²) in [6.45, 7) is 0. The van der Waals surface area contributed by atoms with E-state index in [1.165, 1.54) is 89.0 Å². The minimum atomic E-state index is 0.636. The third-order valence-electron chi connectivity index (χ3n) is 20.1. The number of aromatic nitrogens is 6. The number of fused-ring (bicyclic) bond motifs is 22. The highest BCUT2D eigenvalue weighted by atomic mass is 32.1. The zero-order valence-corrected chi connectivity index (χ0v) is 54.2. The van der Waals surface area contributed by atoms with Crippen LogP contribution in [0.2, 0.25) is 0 Å². The maximum Gasteiger partial charge on any atom is 0.235 e. The first-order valence-corrected chi connectivity index (χ1v) is 34.8. The van der Waals surface area contributed by atoms with Gasteiger partial charge in [0.05, 0.1) is 53.9 Å². The molecule has 21 aromatic rings. The molecule has 0 fully saturated rings. The van der Waals surface area contributed by atoms with E-state index in [-0.39, 0.29) is 0 Å². The van der Waals surface area contributed by atoms with Crippen molar-refractivity contribution in [3.05, 3.63) is 315 Å². The largest absolute Gasteiger partial charge is 0.308 e. The Kier molecular flexibility index (Phi) is 12.1. The van der Waals surface area contributed by atoms with Gasteiger partial charge >= 0.3 is 0 Å². The lowest BCUT2D eigenvalue weighted by atomic mass is 9.91. The quantitative estimate of drug-likeness (QED) is 0.152. The van der Waals surface area contributed by atoms with Gasteiger partial charge in [0.25, 0.3) is 0 Å². The van der Waals surface area contributed by atoms with Gasteiger partial charge in [-0.05, 0) is 146 Å². The molecule has 0 bridgehead atoms. The molecule has 6 aromatic heterocycles. The van der Waals surface area contributed by atoms with E-state index in [2.05, 4.69) is 312 Å². The second kappa shape index (κ2) is 21.5. The van der Waals surface area contributed by atoms with E-state index in [0.29, 0.717) is 11.8 Å². The van der Waals surface area contributed by atoms with Crippen molar-refractivity contribution in [2.24, 2.45) is 0 Å². The summed E-state index contributed by atoms with van der Waals surface area (Å²) in [5.41, 5.74) is 19.0. The molecule has 8 heteroatoms. The summed E-state index contributed by atoms with van der Waals surface area (Å²) in [6, 6.07) is 115. The van der Waals surface area contributed by atoms with Crippen LogP contribution in [0, 0.1) is 0 Å². The van der Waals surface area contributed by atoms with Crippen LogP contribution < -0.4 is 0 Å². The Hall–Kier alpha value is -12.5. The Morgan fingerprint density at radius 2 is 0.663 bits per heavy atom. The van der Waals surface area contributed by atoms with Gasteiger partial charge in [0, 0.05) is 85.6 Å². The number of hydrogen-bond acceptors (Lipinski definition) is 6. The van der Waals surface area contributed by atoms with E-state index in [9.17, 15) is 0 Å². The SMILES string of the molecule is c1ccc(-c2cc(-c3cccc(-c4ccc5c(c4)c4c6ccccc6n(-c6ccc(-c7nc(-c8ccccc8)c8ccccc8n7)cc6)c4c4sc6ccccc6c54)c3)cc(-c3nc(-n4c5ccccc5c5c6ccccc6c6c7ccccc7sc6c54)nc4ccccc34)c2)cc1. The molecule has 98 heavy (non-hydrogen) atoms. The Morgan fingerprint density at radius 1 is 0.235 bits per heavy atom. The van der Waals surface area contributed by atoms with Gasteiger partial charge in [-0.1, -0.05) is 224 Å². The molecule has 21 rings (SSSR count). The Bertz CT molecular complexity index is 6920. The fourth-order valence-electron chi connectivity index (χ4n) is 15.7. The van der Waals surface area contributed by atoms with Gasteiger partial charge in [0.1, 0.15) is 0 Å². The fraction of sp³-hybridized carbons (Fsp3) is 0. The minimum absolute atomic E-state index is 0.636. The highest BCUT2D eigenvalue weighted by molar-refractivity contribution is 7.27. The second-order valence-corrected chi connectivity index (χ2v) is 27.6. The summed E-state index contributed by atoms with van der Waals surface area (Å²) < 4.78 is 9.85. The number of benzene rings is 15. The molecular formula is C90H52N6S2. The fourth-order valence-corrected chi connectivity index (χ4v) is 18.2. The molecule has 0 saturated carbocycles. The third kappa shape index (κ3) is 8.32. The smallest absolute Gasteiger partial charge is 0.235 e. The first-order chi connectivity index (χ1) is 48.6. The van der Waals surface area contributed by atoms with Crippen molar-refractivity contribution in [1.29, 1.82) is 0 Å². The molecule has 0 radical (unpaired) electrons. The maximum atomic E-state index is 5.81. The predicted octanol–water partition coefficient (Wildman–Crippen LogP) is 24.8. The molecule has 6 heterocycles. The number of rotatable bonds is 8. The first kappa shape index (κ1) is 54.9. The average molecular weight is 1280 g/mol. The van der Waals surface area contributed by atoms with Gasteiger partial charge in [-0.3, -0.25) is 4.57 Å². The number of nitrogens with zero attached hydrogens (tertiary/aromatic N) is 6. The Balaban J connectivity index is 0.740. The number of thiophene rings is 2. The lowest BCUT2D eigenvalue weighted by molar-refractivity contribution is 1.02. The van der Waals surface area contributed by atoms with Crippen LogP contribution in [0.3, 0.4) is 0 Å². The van der Waals surface area contributed by atoms with Gasteiger partial charge in [-0.2, -0.15) is 0 Å². The molecule has 0 saturated heterocycles. The van der Waals surface area contributed by atoms with Crippen LogP contribution in [0.25, 0.3) is 206 Å². The van der Waals surface area contributed by atoms with Gasteiger partial charge in [0.15, 0.2) is 5.82 Å². The molecule has 0 amide bonds. The zero-order chi connectivity index (χ0) is 64.1. The monoisotopic (exact) mass is 1280 g/mol. The van der Waals surface area contributed by atoms with E-state index in [1.807, 2.05) is 34.8 Å². The topological polar surface area (TPSA) is 61.4 Å². The van der Waals surface area contributed by atoms with Crippen LogP contribution in [0.4, 0.5) is 0 Å². The number of hydrogen-bond donors (Lipinski definition) is 0. The molecule has 454 valence electrons. The zero-order valence-electron chi connectivity index (χ0n) is 52.5. The summed E-state index contributed by atoms with van der Waals surface area (Å²) in [7, 11) is 0. The van der Waals surface area contributed by atoms with E-state index in [1.54, 1.807) is 0 Å². The summed E-state index contributed by atoms with van der Waals surface area (Å²) in [4.78, 5) is 21.7. The summed E-state index contributed by atoms with van der Waals surface area (Å²) in [5, 5.41) is 16.9.